The van der Waals surface area contributed by atoms with E-state index in [0.717, 1.165) is 30.8 Å². The van der Waals surface area contributed by atoms with Crippen molar-refractivity contribution in [2.24, 2.45) is 0 Å². The number of ether oxygens (including phenoxy) is 1. The van der Waals surface area contributed by atoms with Gasteiger partial charge < -0.3 is 10.1 Å². The number of rotatable bonds is 3. The van der Waals surface area contributed by atoms with Crippen LogP contribution in [0.15, 0.2) is 42.5 Å². The van der Waals surface area contributed by atoms with Gasteiger partial charge in [0.15, 0.2) is 0 Å². The van der Waals surface area contributed by atoms with Crippen LogP contribution >= 0.6 is 0 Å². The monoisotopic (exact) mass is 285 g/mol. The van der Waals surface area contributed by atoms with Crippen LogP contribution in [-0.4, -0.2) is 6.61 Å². The van der Waals surface area contributed by atoms with Gasteiger partial charge in [-0.3, -0.25) is 0 Å². The molecule has 0 bridgehead atoms. The van der Waals surface area contributed by atoms with Gasteiger partial charge in [0.05, 0.1) is 6.61 Å². The van der Waals surface area contributed by atoms with Gasteiger partial charge in [-0.2, -0.15) is 0 Å². The Morgan fingerprint density at radius 3 is 2.95 bits per heavy atom. The summed E-state index contributed by atoms with van der Waals surface area (Å²) in [7, 11) is 0. The van der Waals surface area contributed by atoms with Crippen LogP contribution in [0.3, 0.4) is 0 Å². The van der Waals surface area contributed by atoms with Gasteiger partial charge in [-0.15, -0.1) is 0 Å². The molecule has 0 saturated carbocycles. The number of nitrogens with one attached hydrogen (secondary N) is 1. The lowest BCUT2D eigenvalue weighted by Crippen LogP contribution is -2.20. The van der Waals surface area contributed by atoms with E-state index in [2.05, 4.69) is 30.4 Å². The number of benzene rings is 2. The van der Waals surface area contributed by atoms with Gasteiger partial charge in [0.2, 0.25) is 0 Å². The van der Waals surface area contributed by atoms with Gasteiger partial charge in [-0.05, 0) is 43.0 Å². The molecule has 1 aliphatic heterocycles. The minimum absolute atomic E-state index is 0.185. The van der Waals surface area contributed by atoms with Crippen molar-refractivity contribution in [3.8, 4) is 5.75 Å². The van der Waals surface area contributed by atoms with Gasteiger partial charge in [0.1, 0.15) is 11.6 Å². The van der Waals surface area contributed by atoms with E-state index in [1.807, 2.05) is 6.07 Å². The summed E-state index contributed by atoms with van der Waals surface area (Å²) in [5.74, 6) is 0.821. The van der Waals surface area contributed by atoms with Crippen LogP contribution in [0.25, 0.3) is 0 Å². The average Bonchev–Trinajstić information content (AvgIpc) is 2.69. The first kappa shape index (κ1) is 14.1. The van der Waals surface area contributed by atoms with E-state index in [-0.39, 0.29) is 11.9 Å². The third-order valence-electron chi connectivity index (χ3n) is 3.94. The Morgan fingerprint density at radius 2 is 2.10 bits per heavy atom. The molecular formula is C18H20FNO. The summed E-state index contributed by atoms with van der Waals surface area (Å²) in [6.45, 7) is 3.50. The normalized spacial score (nSPS) is 17.7. The Labute approximate surface area is 125 Å². The van der Waals surface area contributed by atoms with E-state index in [4.69, 9.17) is 4.74 Å². The zero-order valence-corrected chi connectivity index (χ0v) is 12.2. The van der Waals surface area contributed by atoms with Crippen molar-refractivity contribution in [3.05, 3.63) is 65.0 Å². The summed E-state index contributed by atoms with van der Waals surface area (Å²) in [4.78, 5) is 0. The van der Waals surface area contributed by atoms with Crippen molar-refractivity contribution in [2.75, 3.05) is 6.61 Å². The maximum absolute atomic E-state index is 13.2. The summed E-state index contributed by atoms with van der Waals surface area (Å²) in [5, 5.41) is 3.54. The minimum atomic E-state index is -0.185. The van der Waals surface area contributed by atoms with E-state index >= 15 is 0 Å². The molecule has 21 heavy (non-hydrogen) atoms. The van der Waals surface area contributed by atoms with E-state index in [9.17, 15) is 4.39 Å². The molecule has 110 valence electrons. The van der Waals surface area contributed by atoms with Gasteiger partial charge in [0, 0.05) is 18.2 Å². The molecule has 0 amide bonds. The molecule has 2 aromatic carbocycles. The minimum Gasteiger partial charge on any atom is -0.493 e. The topological polar surface area (TPSA) is 21.3 Å². The van der Waals surface area contributed by atoms with Crippen LogP contribution in [0, 0.1) is 12.7 Å². The summed E-state index contributed by atoms with van der Waals surface area (Å²) in [6.07, 6.45) is 2.06. The Kier molecular flexibility index (Phi) is 4.20. The Morgan fingerprint density at radius 1 is 1.24 bits per heavy atom. The molecule has 0 saturated heterocycles. The lowest BCUT2D eigenvalue weighted by molar-refractivity contribution is 0.313. The van der Waals surface area contributed by atoms with Crippen molar-refractivity contribution in [2.45, 2.75) is 32.4 Å². The molecule has 0 spiro atoms. The lowest BCUT2D eigenvalue weighted by Gasteiger charge is -2.19. The smallest absolute Gasteiger partial charge is 0.126 e. The van der Waals surface area contributed by atoms with Crippen molar-refractivity contribution in [1.82, 2.24) is 5.32 Å². The Balaban J connectivity index is 1.78. The second kappa shape index (κ2) is 6.27. The fourth-order valence-electron chi connectivity index (χ4n) is 2.86. The van der Waals surface area contributed by atoms with E-state index in [1.165, 1.54) is 17.2 Å². The molecule has 1 atom stereocenters. The van der Waals surface area contributed by atoms with Gasteiger partial charge in [0.25, 0.3) is 0 Å². The molecule has 1 N–H and O–H groups in total. The van der Waals surface area contributed by atoms with Crippen molar-refractivity contribution >= 4 is 0 Å². The van der Waals surface area contributed by atoms with Gasteiger partial charge in [-0.1, -0.05) is 30.3 Å². The molecule has 0 radical (unpaired) electrons. The largest absolute Gasteiger partial charge is 0.493 e. The summed E-state index contributed by atoms with van der Waals surface area (Å²) in [6, 6.07) is 13.3. The van der Waals surface area contributed by atoms with Crippen LogP contribution in [0.4, 0.5) is 4.39 Å². The highest BCUT2D eigenvalue weighted by Gasteiger charge is 2.20. The zero-order chi connectivity index (χ0) is 14.7. The maximum Gasteiger partial charge on any atom is 0.126 e. The highest BCUT2D eigenvalue weighted by atomic mass is 19.1. The highest BCUT2D eigenvalue weighted by molar-refractivity contribution is 5.43. The molecule has 3 rings (SSSR count). The molecule has 0 fully saturated rings. The number of halogens is 1. The summed E-state index contributed by atoms with van der Waals surface area (Å²) < 4.78 is 19.1. The number of hydrogen-bond acceptors (Lipinski definition) is 2. The summed E-state index contributed by atoms with van der Waals surface area (Å²) >= 11 is 0. The van der Waals surface area contributed by atoms with Crippen molar-refractivity contribution in [1.29, 1.82) is 0 Å². The number of fused-ring (bicyclic) bond motifs is 1. The number of aryl methyl sites for hydroxylation is 1. The van der Waals surface area contributed by atoms with E-state index < -0.39 is 0 Å². The maximum atomic E-state index is 13.2. The Hall–Kier alpha value is -1.87. The van der Waals surface area contributed by atoms with Crippen molar-refractivity contribution in [3.63, 3.8) is 0 Å². The molecule has 2 nitrogen and oxygen atoms in total. The molecule has 0 aromatic heterocycles. The Bertz CT molecular complexity index is 626. The fourth-order valence-corrected chi connectivity index (χ4v) is 2.86. The number of para-hydroxylation sites is 1. The van der Waals surface area contributed by atoms with Crippen LogP contribution in [0.2, 0.25) is 0 Å². The second-order valence-corrected chi connectivity index (χ2v) is 5.55. The highest BCUT2D eigenvalue weighted by Crippen LogP contribution is 2.34. The van der Waals surface area contributed by atoms with E-state index in [1.54, 1.807) is 12.1 Å². The molecule has 1 unspecified atom stereocenters. The molecule has 0 aliphatic carbocycles. The first-order valence-corrected chi connectivity index (χ1v) is 7.44. The zero-order valence-electron chi connectivity index (χ0n) is 12.2. The van der Waals surface area contributed by atoms with Crippen LogP contribution < -0.4 is 10.1 Å². The molecule has 3 heteroatoms. The van der Waals surface area contributed by atoms with Gasteiger partial charge in [-0.25, -0.2) is 4.39 Å². The van der Waals surface area contributed by atoms with Crippen LogP contribution in [0.1, 0.15) is 35.6 Å². The number of hydrogen-bond donors (Lipinski definition) is 1. The molecule has 1 heterocycles. The predicted octanol–water partition coefficient (Wildman–Crippen LogP) is 4.14. The third-order valence-corrected chi connectivity index (χ3v) is 3.94. The fraction of sp³-hybridized carbons (Fsp3) is 0.333. The molecular weight excluding hydrogens is 265 g/mol. The predicted molar refractivity (Wildman–Crippen MR) is 81.9 cm³/mol. The summed E-state index contributed by atoms with van der Waals surface area (Å²) in [5.41, 5.74) is 3.35. The van der Waals surface area contributed by atoms with Gasteiger partial charge >= 0.3 is 0 Å². The van der Waals surface area contributed by atoms with Crippen molar-refractivity contribution < 1.29 is 9.13 Å². The third kappa shape index (κ3) is 3.24. The first-order valence-electron chi connectivity index (χ1n) is 7.44. The van der Waals surface area contributed by atoms with Crippen LogP contribution in [0.5, 0.6) is 5.75 Å². The van der Waals surface area contributed by atoms with Crippen LogP contribution in [-0.2, 0) is 6.54 Å². The lowest BCUT2D eigenvalue weighted by atomic mass is 9.99. The quantitative estimate of drug-likeness (QED) is 0.915. The molecule has 2 aromatic rings. The standard InChI is InChI=1S/C18H20FNO/c1-13-5-2-8-16-17(9-4-10-21-18(13)16)20-12-14-6-3-7-15(19)11-14/h2-3,5-8,11,17,20H,4,9-10,12H2,1H3. The SMILES string of the molecule is Cc1cccc2c1OCCCC2NCc1cccc(F)c1. The average molecular weight is 285 g/mol. The first-order chi connectivity index (χ1) is 10.2. The molecule has 1 aliphatic rings. The second-order valence-electron chi connectivity index (χ2n) is 5.55. The van der Waals surface area contributed by atoms with E-state index in [0.29, 0.717) is 6.54 Å².